The van der Waals surface area contributed by atoms with E-state index in [1.54, 1.807) is 57.2 Å². The van der Waals surface area contributed by atoms with E-state index in [1.807, 2.05) is 30.3 Å². The summed E-state index contributed by atoms with van der Waals surface area (Å²) in [5.74, 6) is 0. The number of carbonyl (C=O) groups is 1. The topological polar surface area (TPSA) is 128 Å². The van der Waals surface area contributed by atoms with Crippen molar-refractivity contribution in [3.05, 3.63) is 92.8 Å². The van der Waals surface area contributed by atoms with Gasteiger partial charge in [0, 0.05) is 0 Å². The molecule has 35 heavy (non-hydrogen) atoms. The second-order valence-electron chi connectivity index (χ2n) is 8.75. The molecule has 1 aromatic heterocycles. The van der Waals surface area contributed by atoms with Crippen LogP contribution in [0.25, 0.3) is 5.69 Å². The molecule has 0 aliphatic heterocycles. The molecule has 1 atom stereocenters. The van der Waals surface area contributed by atoms with E-state index in [1.165, 1.54) is 0 Å². The Balaban J connectivity index is 1.91. The Morgan fingerprint density at radius 2 is 1.71 bits per heavy atom. The van der Waals surface area contributed by atoms with Gasteiger partial charge in [0.05, 0.1) is 31.5 Å². The van der Waals surface area contributed by atoms with Gasteiger partial charge in [0.2, 0.25) is 5.69 Å². The Hall–Kier alpha value is -4.23. The second kappa shape index (κ2) is 11.3. The molecule has 0 fully saturated rings. The number of para-hydroxylation sites is 1. The fourth-order valence-corrected chi connectivity index (χ4v) is 3.21. The highest BCUT2D eigenvalue weighted by atomic mass is 16.6. The maximum Gasteiger partial charge on any atom is 0.408 e. The molecule has 1 N–H and O–H groups in total. The minimum Gasteiger partial charge on any atom is -0.444 e. The minimum atomic E-state index is -0.858. The first-order valence-corrected chi connectivity index (χ1v) is 11.0. The third-order valence-corrected chi connectivity index (χ3v) is 4.72. The van der Waals surface area contributed by atoms with Gasteiger partial charge in [-0.05, 0) is 38.5 Å². The molecule has 0 aliphatic carbocycles. The number of nitrogens with zero attached hydrogens (tertiary/aromatic N) is 4. The number of alkyl carbamates (subject to hydrolysis) is 1. The van der Waals surface area contributed by atoms with Crippen LogP contribution in [0.15, 0.2) is 70.3 Å². The van der Waals surface area contributed by atoms with Crippen molar-refractivity contribution in [2.24, 2.45) is 0 Å². The van der Waals surface area contributed by atoms with Crippen LogP contribution in [0.1, 0.15) is 32.0 Å². The SMILES string of the molecule is CC(C)(C)OC(=O)NC(COCc1ccccc1)Cn1c(=O)c(C#N)nn(-c2ccccc2)c1=O. The van der Waals surface area contributed by atoms with E-state index in [0.29, 0.717) is 5.69 Å². The molecule has 1 amide bonds. The van der Waals surface area contributed by atoms with Crippen molar-refractivity contribution in [2.75, 3.05) is 6.61 Å². The number of amides is 1. The molecular formula is C25H27N5O5. The minimum absolute atomic E-state index is 0.0183. The highest BCUT2D eigenvalue weighted by Crippen LogP contribution is 2.08. The third kappa shape index (κ3) is 7.12. The van der Waals surface area contributed by atoms with Gasteiger partial charge in [-0.3, -0.25) is 9.36 Å². The normalized spacial score (nSPS) is 11.9. The lowest BCUT2D eigenvalue weighted by Crippen LogP contribution is -2.50. The van der Waals surface area contributed by atoms with Gasteiger partial charge in [0.15, 0.2) is 0 Å². The zero-order valence-electron chi connectivity index (χ0n) is 19.8. The quantitative estimate of drug-likeness (QED) is 0.527. The molecule has 1 heterocycles. The van der Waals surface area contributed by atoms with Crippen molar-refractivity contribution in [3.63, 3.8) is 0 Å². The summed E-state index contributed by atoms with van der Waals surface area (Å²) >= 11 is 0. The van der Waals surface area contributed by atoms with Crippen molar-refractivity contribution in [1.82, 2.24) is 19.7 Å². The van der Waals surface area contributed by atoms with Crippen LogP contribution < -0.4 is 16.6 Å². The van der Waals surface area contributed by atoms with Crippen LogP contribution in [0.5, 0.6) is 0 Å². The zero-order chi connectivity index (χ0) is 25.4. The van der Waals surface area contributed by atoms with Crippen molar-refractivity contribution in [2.45, 2.75) is 45.6 Å². The number of aromatic nitrogens is 3. The summed E-state index contributed by atoms with van der Waals surface area (Å²) in [5, 5.41) is 16.0. The Kier molecular flexibility index (Phi) is 8.17. The maximum absolute atomic E-state index is 13.2. The summed E-state index contributed by atoms with van der Waals surface area (Å²) in [6.45, 7) is 5.15. The van der Waals surface area contributed by atoms with E-state index < -0.39 is 34.7 Å². The van der Waals surface area contributed by atoms with E-state index in [0.717, 1.165) is 14.8 Å². The largest absolute Gasteiger partial charge is 0.444 e. The third-order valence-electron chi connectivity index (χ3n) is 4.72. The smallest absolute Gasteiger partial charge is 0.408 e. The second-order valence-corrected chi connectivity index (χ2v) is 8.75. The molecule has 0 radical (unpaired) electrons. The number of ether oxygens (including phenoxy) is 2. The molecule has 0 spiro atoms. The van der Waals surface area contributed by atoms with E-state index >= 15 is 0 Å². The summed E-state index contributed by atoms with van der Waals surface area (Å²) in [6.07, 6.45) is -0.725. The number of carbonyl (C=O) groups excluding carboxylic acids is 1. The fraction of sp³-hybridized carbons (Fsp3) is 0.320. The number of nitrogens with one attached hydrogen (secondary N) is 1. The summed E-state index contributed by atoms with van der Waals surface area (Å²) in [7, 11) is 0. The predicted octanol–water partition coefficient (Wildman–Crippen LogP) is 2.38. The molecule has 10 heteroatoms. The van der Waals surface area contributed by atoms with Crippen molar-refractivity contribution >= 4 is 6.09 Å². The first kappa shape index (κ1) is 25.4. The Morgan fingerprint density at radius 1 is 1.09 bits per heavy atom. The van der Waals surface area contributed by atoms with E-state index in [-0.39, 0.29) is 19.8 Å². The van der Waals surface area contributed by atoms with Gasteiger partial charge in [-0.1, -0.05) is 48.5 Å². The molecule has 10 nitrogen and oxygen atoms in total. The van der Waals surface area contributed by atoms with Crippen LogP contribution in [0, 0.1) is 11.3 Å². The lowest BCUT2D eigenvalue weighted by molar-refractivity contribution is 0.0413. The van der Waals surface area contributed by atoms with Gasteiger partial charge in [-0.2, -0.15) is 9.94 Å². The Morgan fingerprint density at radius 3 is 2.31 bits per heavy atom. The highest BCUT2D eigenvalue weighted by Gasteiger charge is 2.23. The number of benzene rings is 2. The Labute approximate surface area is 202 Å². The van der Waals surface area contributed by atoms with E-state index in [9.17, 15) is 19.6 Å². The molecule has 2 aromatic carbocycles. The first-order chi connectivity index (χ1) is 16.7. The van der Waals surface area contributed by atoms with Gasteiger partial charge in [-0.15, -0.1) is 5.10 Å². The van der Waals surface area contributed by atoms with Crippen LogP contribution >= 0.6 is 0 Å². The lowest BCUT2D eigenvalue weighted by Gasteiger charge is -2.24. The maximum atomic E-state index is 13.2. The van der Waals surface area contributed by atoms with Gasteiger partial charge in [0.25, 0.3) is 5.56 Å². The van der Waals surface area contributed by atoms with Crippen molar-refractivity contribution < 1.29 is 14.3 Å². The van der Waals surface area contributed by atoms with E-state index in [2.05, 4.69) is 10.4 Å². The molecule has 0 bridgehead atoms. The number of hydrogen-bond acceptors (Lipinski definition) is 7. The molecule has 1 unspecified atom stereocenters. The monoisotopic (exact) mass is 477 g/mol. The summed E-state index contributed by atoms with van der Waals surface area (Å²) < 4.78 is 12.9. The predicted molar refractivity (Wildman–Crippen MR) is 128 cm³/mol. The van der Waals surface area contributed by atoms with Gasteiger partial charge in [0.1, 0.15) is 11.7 Å². The molecule has 0 saturated heterocycles. The van der Waals surface area contributed by atoms with Crippen LogP contribution in [-0.4, -0.2) is 38.7 Å². The van der Waals surface area contributed by atoms with Crippen LogP contribution in [0.3, 0.4) is 0 Å². The van der Waals surface area contributed by atoms with Gasteiger partial charge in [-0.25, -0.2) is 9.59 Å². The van der Waals surface area contributed by atoms with Crippen molar-refractivity contribution in [3.8, 4) is 11.8 Å². The summed E-state index contributed by atoms with van der Waals surface area (Å²) in [6, 6.07) is 18.8. The molecule has 0 saturated carbocycles. The molecule has 3 rings (SSSR count). The van der Waals surface area contributed by atoms with Gasteiger partial charge >= 0.3 is 11.8 Å². The molecule has 182 valence electrons. The lowest BCUT2D eigenvalue weighted by atomic mass is 10.2. The van der Waals surface area contributed by atoms with Crippen LogP contribution in [0.4, 0.5) is 4.79 Å². The molecule has 0 aliphatic rings. The summed E-state index contributed by atoms with van der Waals surface area (Å²) in [5.41, 5.74) is -1.50. The fourth-order valence-electron chi connectivity index (χ4n) is 3.21. The number of rotatable bonds is 8. The van der Waals surface area contributed by atoms with Crippen LogP contribution in [-0.2, 0) is 22.6 Å². The Bertz CT molecular complexity index is 1300. The average Bonchev–Trinajstić information content (AvgIpc) is 2.82. The van der Waals surface area contributed by atoms with Gasteiger partial charge < -0.3 is 14.8 Å². The first-order valence-electron chi connectivity index (χ1n) is 11.0. The summed E-state index contributed by atoms with van der Waals surface area (Å²) in [4.78, 5) is 38.5. The number of nitriles is 1. The number of hydrogen-bond donors (Lipinski definition) is 1. The molecular weight excluding hydrogens is 450 g/mol. The average molecular weight is 478 g/mol. The van der Waals surface area contributed by atoms with Crippen LogP contribution in [0.2, 0.25) is 0 Å². The van der Waals surface area contributed by atoms with Crippen molar-refractivity contribution in [1.29, 1.82) is 5.26 Å². The standard InChI is InChI=1S/C25H27N5O5/c1-25(2,3)35-23(32)27-19(17-34-16-18-10-6-4-7-11-18)15-29-22(31)21(14-26)28-30(24(29)33)20-12-8-5-9-13-20/h4-13,19H,15-17H2,1-3H3,(H,27,32). The zero-order valence-corrected chi connectivity index (χ0v) is 19.8. The highest BCUT2D eigenvalue weighted by molar-refractivity contribution is 5.68. The molecule has 3 aromatic rings. The van der Waals surface area contributed by atoms with E-state index in [4.69, 9.17) is 9.47 Å².